The van der Waals surface area contributed by atoms with Gasteiger partial charge in [-0.1, -0.05) is 42.1 Å². The number of aliphatic hydroxyl groups is 1. The summed E-state index contributed by atoms with van der Waals surface area (Å²) in [6.07, 6.45) is 3.99. The van der Waals surface area contributed by atoms with Crippen molar-refractivity contribution in [1.29, 1.82) is 0 Å². The Balaban J connectivity index is 1.96. The zero-order valence-electron chi connectivity index (χ0n) is 10.6. The Morgan fingerprint density at radius 1 is 1.11 bits per heavy atom. The Labute approximate surface area is 117 Å². The first-order valence-corrected chi connectivity index (χ1v) is 7.11. The molecule has 0 radical (unpaired) electrons. The molecule has 1 heterocycles. The third-order valence-corrected chi connectivity index (χ3v) is 3.81. The minimum absolute atomic E-state index is 0.202. The van der Waals surface area contributed by atoms with Gasteiger partial charge in [-0.25, -0.2) is 9.97 Å². The number of thioether (sulfide) groups is 1. The Bertz CT molecular complexity index is 495. The third kappa shape index (κ3) is 3.76. The molecule has 1 aromatic carbocycles. The Morgan fingerprint density at radius 2 is 1.79 bits per heavy atom. The summed E-state index contributed by atoms with van der Waals surface area (Å²) in [6, 6.07) is 11.3. The van der Waals surface area contributed by atoms with E-state index in [0.29, 0.717) is 12.2 Å². The fourth-order valence-corrected chi connectivity index (χ4v) is 2.68. The molecule has 0 aliphatic heterocycles. The van der Waals surface area contributed by atoms with Crippen LogP contribution in [0.2, 0.25) is 0 Å². The number of aromatic nitrogens is 2. The van der Waals surface area contributed by atoms with E-state index in [9.17, 15) is 5.11 Å². The number of benzene rings is 1. The van der Waals surface area contributed by atoms with Gasteiger partial charge in [0.15, 0.2) is 5.16 Å². The smallest absolute Gasteiger partial charge is 0.187 e. The molecule has 5 heteroatoms. The van der Waals surface area contributed by atoms with Crippen LogP contribution in [0, 0.1) is 0 Å². The molecule has 0 bridgehead atoms. The minimum Gasteiger partial charge on any atom is -0.384 e. The molecule has 0 amide bonds. The van der Waals surface area contributed by atoms with Crippen LogP contribution in [-0.2, 0) is 5.60 Å². The Hall–Kier alpha value is -1.43. The fraction of sp³-hybridized carbons (Fsp3) is 0.286. The molecule has 0 aliphatic rings. The molecule has 100 valence electrons. The predicted molar refractivity (Wildman–Crippen MR) is 76.8 cm³/mol. The second-order valence-electron chi connectivity index (χ2n) is 4.23. The molecule has 0 aliphatic carbocycles. The zero-order valence-corrected chi connectivity index (χ0v) is 11.4. The largest absolute Gasteiger partial charge is 0.384 e. The lowest BCUT2D eigenvalue weighted by molar-refractivity contribution is 0.0431. The lowest BCUT2D eigenvalue weighted by Gasteiger charge is -2.26. The molecule has 4 nitrogen and oxygen atoms in total. The quantitative estimate of drug-likeness (QED) is 0.621. The maximum absolute atomic E-state index is 10.6. The van der Waals surface area contributed by atoms with E-state index in [0.717, 1.165) is 10.7 Å². The molecule has 0 saturated carbocycles. The van der Waals surface area contributed by atoms with Gasteiger partial charge in [-0.2, -0.15) is 0 Å². The highest BCUT2D eigenvalue weighted by atomic mass is 32.2. The summed E-state index contributed by atoms with van der Waals surface area (Å²) in [5, 5.41) is 11.3. The van der Waals surface area contributed by atoms with Gasteiger partial charge in [0.05, 0.1) is 0 Å². The van der Waals surface area contributed by atoms with Crippen molar-refractivity contribution in [1.82, 2.24) is 9.97 Å². The molecule has 1 aromatic heterocycles. The molecular weight excluding hydrogens is 258 g/mol. The molecule has 2 aromatic rings. The summed E-state index contributed by atoms with van der Waals surface area (Å²) in [4.78, 5) is 8.27. The van der Waals surface area contributed by atoms with Gasteiger partial charge in [-0.15, -0.1) is 0 Å². The zero-order chi connectivity index (χ0) is 13.6. The van der Waals surface area contributed by atoms with Crippen molar-refractivity contribution in [3.63, 3.8) is 0 Å². The average molecular weight is 275 g/mol. The Morgan fingerprint density at radius 3 is 2.42 bits per heavy atom. The first-order valence-electron chi connectivity index (χ1n) is 6.12. The molecule has 3 N–H and O–H groups in total. The maximum atomic E-state index is 10.6. The first kappa shape index (κ1) is 14.0. The van der Waals surface area contributed by atoms with Crippen molar-refractivity contribution >= 4 is 11.8 Å². The van der Waals surface area contributed by atoms with Gasteiger partial charge in [0, 0.05) is 24.7 Å². The predicted octanol–water partition coefficient (Wildman–Crippen LogP) is 1.81. The summed E-state index contributed by atoms with van der Waals surface area (Å²) < 4.78 is 0. The van der Waals surface area contributed by atoms with Gasteiger partial charge in [-0.3, -0.25) is 0 Å². The Kier molecular flexibility index (Phi) is 4.90. The minimum atomic E-state index is -0.983. The van der Waals surface area contributed by atoms with Gasteiger partial charge in [-0.05, 0) is 18.1 Å². The number of hydrogen-bond acceptors (Lipinski definition) is 5. The van der Waals surface area contributed by atoms with E-state index in [1.807, 2.05) is 30.3 Å². The summed E-state index contributed by atoms with van der Waals surface area (Å²) in [6.45, 7) is 0.202. The van der Waals surface area contributed by atoms with Crippen molar-refractivity contribution in [3.05, 3.63) is 54.4 Å². The van der Waals surface area contributed by atoms with Crippen LogP contribution in [-0.4, -0.2) is 27.4 Å². The molecule has 19 heavy (non-hydrogen) atoms. The summed E-state index contributed by atoms with van der Waals surface area (Å²) in [7, 11) is 0. The number of rotatable bonds is 6. The van der Waals surface area contributed by atoms with E-state index in [2.05, 4.69) is 9.97 Å². The van der Waals surface area contributed by atoms with E-state index in [1.54, 1.807) is 18.5 Å². The van der Waals surface area contributed by atoms with Crippen LogP contribution in [0.4, 0.5) is 0 Å². The number of hydrogen-bond donors (Lipinski definition) is 2. The molecule has 2 rings (SSSR count). The van der Waals surface area contributed by atoms with Crippen molar-refractivity contribution in [2.75, 3.05) is 12.3 Å². The van der Waals surface area contributed by atoms with Crippen molar-refractivity contribution in [3.8, 4) is 0 Å². The second kappa shape index (κ2) is 6.65. The van der Waals surface area contributed by atoms with Crippen molar-refractivity contribution in [2.24, 2.45) is 5.73 Å². The molecule has 0 saturated heterocycles. The maximum Gasteiger partial charge on any atom is 0.187 e. The third-order valence-electron chi connectivity index (χ3n) is 2.94. The standard InChI is InChI=1S/C14H17N3OS/c15-11-14(18,12-5-2-1-3-6-12)7-10-19-13-16-8-4-9-17-13/h1-6,8-9,18H,7,10-11,15H2. The van der Waals surface area contributed by atoms with Gasteiger partial charge in [0.2, 0.25) is 0 Å². The van der Waals surface area contributed by atoms with Crippen molar-refractivity contribution < 1.29 is 5.11 Å². The number of nitrogens with zero attached hydrogens (tertiary/aromatic N) is 2. The van der Waals surface area contributed by atoms with Crippen LogP contribution < -0.4 is 5.73 Å². The highest BCUT2D eigenvalue weighted by Crippen LogP contribution is 2.26. The van der Waals surface area contributed by atoms with Crippen LogP contribution in [0.1, 0.15) is 12.0 Å². The van der Waals surface area contributed by atoms with Gasteiger partial charge >= 0.3 is 0 Å². The van der Waals surface area contributed by atoms with Gasteiger partial charge in [0.25, 0.3) is 0 Å². The highest BCUT2D eigenvalue weighted by Gasteiger charge is 2.26. The van der Waals surface area contributed by atoms with Crippen molar-refractivity contribution in [2.45, 2.75) is 17.2 Å². The summed E-state index contributed by atoms with van der Waals surface area (Å²) in [5.41, 5.74) is 5.60. The topological polar surface area (TPSA) is 72.0 Å². The molecular formula is C14H17N3OS. The van der Waals surface area contributed by atoms with E-state index in [1.165, 1.54) is 11.8 Å². The first-order chi connectivity index (χ1) is 9.24. The molecule has 1 atom stereocenters. The fourth-order valence-electron chi connectivity index (χ4n) is 1.78. The second-order valence-corrected chi connectivity index (χ2v) is 5.29. The number of nitrogens with two attached hydrogens (primary N) is 1. The molecule has 1 unspecified atom stereocenters. The normalized spacial score (nSPS) is 14.0. The van der Waals surface area contributed by atoms with E-state index >= 15 is 0 Å². The van der Waals surface area contributed by atoms with Crippen LogP contribution >= 0.6 is 11.8 Å². The molecule has 0 spiro atoms. The van der Waals surface area contributed by atoms with Crippen LogP contribution in [0.3, 0.4) is 0 Å². The summed E-state index contributed by atoms with van der Waals surface area (Å²) >= 11 is 1.52. The monoisotopic (exact) mass is 275 g/mol. The summed E-state index contributed by atoms with van der Waals surface area (Å²) in [5.74, 6) is 0.715. The van der Waals surface area contributed by atoms with E-state index in [4.69, 9.17) is 5.73 Å². The lowest BCUT2D eigenvalue weighted by Crippen LogP contribution is -2.35. The van der Waals surface area contributed by atoms with Crippen LogP contribution in [0.25, 0.3) is 0 Å². The van der Waals surface area contributed by atoms with Gasteiger partial charge in [0.1, 0.15) is 5.60 Å². The average Bonchev–Trinajstić information content (AvgIpc) is 2.49. The lowest BCUT2D eigenvalue weighted by atomic mass is 9.91. The highest BCUT2D eigenvalue weighted by molar-refractivity contribution is 7.99. The van der Waals surface area contributed by atoms with Crippen LogP contribution in [0.15, 0.2) is 53.9 Å². The SMILES string of the molecule is NCC(O)(CCSc1ncccn1)c1ccccc1. The van der Waals surface area contributed by atoms with E-state index in [-0.39, 0.29) is 6.54 Å². The van der Waals surface area contributed by atoms with Crippen LogP contribution in [0.5, 0.6) is 0 Å². The molecule has 0 fully saturated rings. The van der Waals surface area contributed by atoms with Gasteiger partial charge < -0.3 is 10.8 Å². The van der Waals surface area contributed by atoms with E-state index < -0.39 is 5.60 Å².